The summed E-state index contributed by atoms with van der Waals surface area (Å²) in [4.78, 5) is 22.8. The largest absolute Gasteiger partial charge is 0.466 e. The van der Waals surface area contributed by atoms with E-state index < -0.39 is 6.04 Å². The van der Waals surface area contributed by atoms with Gasteiger partial charge in [-0.05, 0) is 12.5 Å². The smallest absolute Gasteiger partial charge is 0.308 e. The van der Waals surface area contributed by atoms with Crippen LogP contribution in [0, 0.1) is 0 Å². The molecule has 0 aliphatic carbocycles. The molecule has 0 saturated heterocycles. The second-order valence-electron chi connectivity index (χ2n) is 3.67. The van der Waals surface area contributed by atoms with E-state index in [4.69, 9.17) is 16.3 Å². The van der Waals surface area contributed by atoms with Crippen LogP contribution in [-0.2, 0) is 14.3 Å². The number of carbonyl (C=O) groups excluding carboxylic acids is 2. The molecular formula is C13H16ClNO3. The highest BCUT2D eigenvalue weighted by atomic mass is 35.5. The van der Waals surface area contributed by atoms with Crippen molar-refractivity contribution in [3.8, 4) is 0 Å². The lowest BCUT2D eigenvalue weighted by Gasteiger charge is -2.17. The maximum Gasteiger partial charge on any atom is 0.308 e. The van der Waals surface area contributed by atoms with Gasteiger partial charge in [0.05, 0.1) is 19.1 Å². The zero-order valence-corrected chi connectivity index (χ0v) is 10.9. The minimum atomic E-state index is -0.406. The summed E-state index contributed by atoms with van der Waals surface area (Å²) in [5.74, 6) is -0.789. The lowest BCUT2D eigenvalue weighted by Crippen LogP contribution is -2.31. The van der Waals surface area contributed by atoms with Gasteiger partial charge in [-0.25, -0.2) is 0 Å². The summed E-state index contributed by atoms with van der Waals surface area (Å²) >= 11 is 5.45. The molecule has 1 amide bonds. The Bertz CT molecular complexity index is 394. The number of nitrogens with one attached hydrogen (secondary N) is 1. The summed E-state index contributed by atoms with van der Waals surface area (Å²) in [5.41, 5.74) is 0.851. The topological polar surface area (TPSA) is 55.4 Å². The van der Waals surface area contributed by atoms with Crippen LogP contribution >= 0.6 is 11.6 Å². The van der Waals surface area contributed by atoms with Crippen molar-refractivity contribution < 1.29 is 14.3 Å². The SMILES string of the molecule is CCOC(=O)C[C@H](NC(=O)CCl)c1ccccc1. The summed E-state index contributed by atoms with van der Waals surface area (Å²) in [5, 5.41) is 2.70. The van der Waals surface area contributed by atoms with Crippen LogP contribution < -0.4 is 5.32 Å². The summed E-state index contributed by atoms with van der Waals surface area (Å²) in [7, 11) is 0. The third kappa shape index (κ3) is 4.75. The minimum Gasteiger partial charge on any atom is -0.466 e. The van der Waals surface area contributed by atoms with Gasteiger partial charge in [0.1, 0.15) is 5.88 Å². The van der Waals surface area contributed by atoms with E-state index in [1.54, 1.807) is 6.92 Å². The number of hydrogen-bond donors (Lipinski definition) is 1. The Hall–Kier alpha value is -1.55. The molecule has 0 aromatic heterocycles. The maximum atomic E-state index is 11.5. The van der Waals surface area contributed by atoms with Crippen molar-refractivity contribution in [3.05, 3.63) is 35.9 Å². The van der Waals surface area contributed by atoms with E-state index in [9.17, 15) is 9.59 Å². The van der Waals surface area contributed by atoms with Crippen molar-refractivity contribution in [2.45, 2.75) is 19.4 Å². The van der Waals surface area contributed by atoms with Crippen LogP contribution in [0.25, 0.3) is 0 Å². The van der Waals surface area contributed by atoms with E-state index in [0.29, 0.717) is 6.61 Å². The third-order valence-electron chi connectivity index (χ3n) is 2.33. The lowest BCUT2D eigenvalue weighted by molar-refractivity contribution is -0.143. The van der Waals surface area contributed by atoms with Gasteiger partial charge in [-0.3, -0.25) is 9.59 Å². The quantitative estimate of drug-likeness (QED) is 0.635. The molecule has 0 spiro atoms. The molecule has 0 radical (unpaired) electrons. The van der Waals surface area contributed by atoms with Crippen molar-refractivity contribution in [3.63, 3.8) is 0 Å². The predicted molar refractivity (Wildman–Crippen MR) is 69.3 cm³/mol. The second-order valence-corrected chi connectivity index (χ2v) is 3.94. The number of benzene rings is 1. The van der Waals surface area contributed by atoms with E-state index in [1.807, 2.05) is 30.3 Å². The molecule has 0 bridgehead atoms. The predicted octanol–water partition coefficient (Wildman–Crippen LogP) is 2.04. The number of amides is 1. The standard InChI is InChI=1S/C13H16ClNO3/c1-2-18-13(17)8-11(15-12(16)9-14)10-6-4-3-5-7-10/h3-7,11H,2,8-9H2,1H3,(H,15,16)/t11-/m0/s1. The average Bonchev–Trinajstić information content (AvgIpc) is 2.39. The van der Waals surface area contributed by atoms with Gasteiger partial charge in [0.2, 0.25) is 5.91 Å². The van der Waals surface area contributed by atoms with Crippen LogP contribution in [0.3, 0.4) is 0 Å². The summed E-state index contributed by atoms with van der Waals surface area (Å²) in [6, 6.07) is 8.85. The summed E-state index contributed by atoms with van der Waals surface area (Å²) in [6.07, 6.45) is 0.0977. The summed E-state index contributed by atoms with van der Waals surface area (Å²) < 4.78 is 4.89. The molecule has 0 unspecified atom stereocenters. The number of hydrogen-bond acceptors (Lipinski definition) is 3. The van der Waals surface area contributed by atoms with Gasteiger partial charge in [0, 0.05) is 0 Å². The molecule has 98 valence electrons. The molecule has 0 fully saturated rings. The number of alkyl halides is 1. The Morgan fingerprint density at radius 2 is 2.00 bits per heavy atom. The molecular weight excluding hydrogens is 254 g/mol. The van der Waals surface area contributed by atoms with Crippen molar-refractivity contribution >= 4 is 23.5 Å². The molecule has 1 N–H and O–H groups in total. The Morgan fingerprint density at radius 3 is 2.56 bits per heavy atom. The molecule has 0 aliphatic rings. The fraction of sp³-hybridized carbons (Fsp3) is 0.385. The number of esters is 1. The van der Waals surface area contributed by atoms with Gasteiger partial charge >= 0.3 is 5.97 Å². The highest BCUT2D eigenvalue weighted by Crippen LogP contribution is 2.17. The van der Waals surface area contributed by atoms with Crippen LogP contribution in [0.2, 0.25) is 0 Å². The summed E-state index contributed by atoms with van der Waals surface area (Å²) in [6.45, 7) is 2.07. The number of halogens is 1. The van der Waals surface area contributed by atoms with E-state index in [1.165, 1.54) is 0 Å². The molecule has 1 aromatic carbocycles. The van der Waals surface area contributed by atoms with E-state index in [0.717, 1.165) is 5.56 Å². The van der Waals surface area contributed by atoms with Gasteiger partial charge in [0.25, 0.3) is 0 Å². The van der Waals surface area contributed by atoms with Crippen molar-refractivity contribution in [1.29, 1.82) is 0 Å². The van der Waals surface area contributed by atoms with Crippen molar-refractivity contribution in [2.75, 3.05) is 12.5 Å². The Kier molecular flexibility index (Phi) is 6.22. The van der Waals surface area contributed by atoms with Gasteiger partial charge in [-0.1, -0.05) is 30.3 Å². The normalized spacial score (nSPS) is 11.7. The van der Waals surface area contributed by atoms with Crippen molar-refractivity contribution in [1.82, 2.24) is 5.32 Å². The number of ether oxygens (including phenoxy) is 1. The zero-order chi connectivity index (χ0) is 13.4. The fourth-order valence-electron chi connectivity index (χ4n) is 1.56. The highest BCUT2D eigenvalue weighted by molar-refractivity contribution is 6.27. The van der Waals surface area contributed by atoms with Gasteiger partial charge in [-0.2, -0.15) is 0 Å². The monoisotopic (exact) mass is 269 g/mol. The van der Waals surface area contributed by atoms with Gasteiger partial charge < -0.3 is 10.1 Å². The number of carbonyl (C=O) groups is 2. The van der Waals surface area contributed by atoms with Gasteiger partial charge in [-0.15, -0.1) is 11.6 Å². The van der Waals surface area contributed by atoms with E-state index >= 15 is 0 Å². The van der Waals surface area contributed by atoms with Crippen LogP contribution in [-0.4, -0.2) is 24.4 Å². The molecule has 0 heterocycles. The average molecular weight is 270 g/mol. The molecule has 5 heteroatoms. The Balaban J connectivity index is 2.75. The van der Waals surface area contributed by atoms with Crippen LogP contribution in [0.15, 0.2) is 30.3 Å². The maximum absolute atomic E-state index is 11.5. The first-order chi connectivity index (χ1) is 8.67. The lowest BCUT2D eigenvalue weighted by atomic mass is 10.0. The Labute approximate surface area is 111 Å². The molecule has 1 rings (SSSR count). The van der Waals surface area contributed by atoms with Crippen molar-refractivity contribution in [2.24, 2.45) is 0 Å². The third-order valence-corrected chi connectivity index (χ3v) is 2.58. The fourth-order valence-corrected chi connectivity index (χ4v) is 1.63. The van der Waals surface area contributed by atoms with Crippen LogP contribution in [0.4, 0.5) is 0 Å². The molecule has 1 atom stereocenters. The first-order valence-corrected chi connectivity index (χ1v) is 6.26. The molecule has 0 saturated carbocycles. The van der Waals surface area contributed by atoms with Crippen LogP contribution in [0.5, 0.6) is 0 Å². The number of rotatable bonds is 6. The van der Waals surface area contributed by atoms with E-state index in [-0.39, 0.29) is 24.2 Å². The first-order valence-electron chi connectivity index (χ1n) is 5.73. The molecule has 0 aliphatic heterocycles. The van der Waals surface area contributed by atoms with Gasteiger partial charge in [0.15, 0.2) is 0 Å². The molecule has 4 nitrogen and oxygen atoms in total. The first kappa shape index (κ1) is 14.5. The molecule has 1 aromatic rings. The second kappa shape index (κ2) is 7.71. The highest BCUT2D eigenvalue weighted by Gasteiger charge is 2.18. The minimum absolute atomic E-state index is 0.0977. The molecule has 18 heavy (non-hydrogen) atoms. The zero-order valence-electron chi connectivity index (χ0n) is 10.2. The van der Waals surface area contributed by atoms with E-state index in [2.05, 4.69) is 5.32 Å². The Morgan fingerprint density at radius 1 is 1.33 bits per heavy atom. The van der Waals surface area contributed by atoms with Crippen LogP contribution in [0.1, 0.15) is 24.9 Å².